The monoisotopic (exact) mass is 335 g/mol. The predicted molar refractivity (Wildman–Crippen MR) is 78.1 cm³/mol. The second-order valence-corrected chi connectivity index (χ2v) is 8.21. The van der Waals surface area contributed by atoms with Gasteiger partial charge in [0.15, 0.2) is 0 Å². The van der Waals surface area contributed by atoms with Gasteiger partial charge in [0.05, 0.1) is 10.7 Å². The van der Waals surface area contributed by atoms with Gasteiger partial charge in [0.25, 0.3) is 11.1 Å². The Bertz CT molecular complexity index is 611. The van der Waals surface area contributed by atoms with Gasteiger partial charge in [-0.25, -0.2) is 4.98 Å². The van der Waals surface area contributed by atoms with Crippen molar-refractivity contribution in [2.45, 2.75) is 29.8 Å². The maximum absolute atomic E-state index is 5.98. The van der Waals surface area contributed by atoms with Crippen molar-refractivity contribution in [2.75, 3.05) is 5.75 Å². The van der Waals surface area contributed by atoms with E-state index in [9.17, 15) is 0 Å². The normalized spacial score (nSPS) is 20.7. The summed E-state index contributed by atoms with van der Waals surface area (Å²) < 4.78 is 5.08. The van der Waals surface area contributed by atoms with E-state index >= 15 is 0 Å². The van der Waals surface area contributed by atoms with Crippen molar-refractivity contribution in [3.05, 3.63) is 10.7 Å². The van der Waals surface area contributed by atoms with E-state index in [4.69, 9.17) is 27.6 Å². The van der Waals surface area contributed by atoms with Crippen LogP contribution in [0.5, 0.6) is 0 Å². The number of rotatable bonds is 4. The molecule has 0 saturated heterocycles. The van der Waals surface area contributed by atoms with Crippen molar-refractivity contribution < 1.29 is 4.42 Å². The van der Waals surface area contributed by atoms with E-state index < -0.39 is 4.33 Å². The molecule has 19 heavy (non-hydrogen) atoms. The summed E-state index contributed by atoms with van der Waals surface area (Å²) in [6, 6.07) is 0. The molecule has 0 amide bonds. The van der Waals surface area contributed by atoms with Crippen molar-refractivity contribution in [3.63, 3.8) is 0 Å². The summed E-state index contributed by atoms with van der Waals surface area (Å²) in [4.78, 5) is 5.29. The molecule has 0 aromatic carbocycles. The van der Waals surface area contributed by atoms with Gasteiger partial charge >= 0.3 is 0 Å². The molecule has 4 nitrogen and oxygen atoms in total. The lowest BCUT2D eigenvalue weighted by Crippen LogP contribution is -1.92. The third-order valence-electron chi connectivity index (χ3n) is 2.87. The van der Waals surface area contributed by atoms with Gasteiger partial charge in [-0.05, 0) is 20.3 Å². The van der Waals surface area contributed by atoms with Gasteiger partial charge in [0.2, 0.25) is 0 Å². The first kappa shape index (κ1) is 13.7. The second-order valence-electron chi connectivity index (χ2n) is 4.49. The lowest BCUT2D eigenvalue weighted by molar-refractivity contribution is 0.466. The minimum absolute atomic E-state index is 0.309. The molecule has 0 N–H and O–H groups in total. The molecule has 1 unspecified atom stereocenters. The van der Waals surface area contributed by atoms with Crippen LogP contribution in [0.3, 0.4) is 0 Å². The minimum atomic E-state index is -0.554. The van der Waals surface area contributed by atoms with E-state index in [1.807, 2.05) is 13.8 Å². The van der Waals surface area contributed by atoms with Crippen LogP contribution in [0.2, 0.25) is 0 Å². The minimum Gasteiger partial charge on any atom is -0.410 e. The molecule has 1 saturated carbocycles. The highest BCUT2D eigenvalue weighted by Gasteiger charge is 2.51. The quantitative estimate of drug-likeness (QED) is 0.622. The Balaban J connectivity index is 1.68. The van der Waals surface area contributed by atoms with Crippen LogP contribution in [0, 0.1) is 19.8 Å². The van der Waals surface area contributed by atoms with Gasteiger partial charge < -0.3 is 4.42 Å². The standard InChI is InChI=1S/C11H11Cl2N3OS2/c1-5-8(19-6(2)14-5)9-15-16-10(17-9)18-4-7-3-11(7,12)13/h7H,3-4H2,1-2H3. The summed E-state index contributed by atoms with van der Waals surface area (Å²) in [7, 11) is 0. The van der Waals surface area contributed by atoms with Crippen molar-refractivity contribution in [2.24, 2.45) is 5.92 Å². The van der Waals surface area contributed by atoms with Crippen LogP contribution in [0.15, 0.2) is 9.64 Å². The number of aromatic nitrogens is 3. The highest BCUT2D eigenvalue weighted by molar-refractivity contribution is 7.99. The number of hydrogen-bond acceptors (Lipinski definition) is 6. The number of halogens is 2. The summed E-state index contributed by atoms with van der Waals surface area (Å²) in [5, 5.41) is 9.64. The number of thiazole rings is 1. The fourth-order valence-corrected chi connectivity index (χ4v) is 4.25. The van der Waals surface area contributed by atoms with Gasteiger partial charge in [-0.3, -0.25) is 0 Å². The van der Waals surface area contributed by atoms with E-state index in [0.29, 0.717) is 17.0 Å². The second kappa shape index (κ2) is 4.91. The Labute approximate surface area is 128 Å². The average Bonchev–Trinajstić information content (AvgIpc) is 2.68. The first-order valence-corrected chi connectivity index (χ1v) is 8.30. The Hall–Kier alpha value is -0.300. The molecule has 1 fully saturated rings. The topological polar surface area (TPSA) is 51.8 Å². The van der Waals surface area contributed by atoms with Gasteiger partial charge in [0.1, 0.15) is 9.21 Å². The molecule has 2 heterocycles. The Morgan fingerprint density at radius 3 is 2.74 bits per heavy atom. The van der Waals surface area contributed by atoms with Crippen LogP contribution in [0.1, 0.15) is 17.1 Å². The maximum atomic E-state index is 5.98. The van der Waals surface area contributed by atoms with Gasteiger partial charge in [0, 0.05) is 11.7 Å². The summed E-state index contributed by atoms with van der Waals surface area (Å²) >= 11 is 15.0. The SMILES string of the molecule is Cc1nc(C)c(-c2nnc(SCC3CC3(Cl)Cl)o2)s1. The zero-order valence-electron chi connectivity index (χ0n) is 10.3. The number of hydrogen-bond donors (Lipinski definition) is 0. The van der Waals surface area contributed by atoms with Crippen molar-refractivity contribution in [3.8, 4) is 10.8 Å². The summed E-state index contributed by atoms with van der Waals surface area (Å²) in [5.74, 6) is 1.64. The third-order valence-corrected chi connectivity index (χ3v) is 5.84. The van der Waals surface area contributed by atoms with Crippen LogP contribution >= 0.6 is 46.3 Å². The molecule has 3 rings (SSSR count). The molecule has 2 aromatic rings. The highest BCUT2D eigenvalue weighted by Crippen LogP contribution is 2.54. The van der Waals surface area contributed by atoms with Gasteiger partial charge in [-0.2, -0.15) is 0 Å². The predicted octanol–water partition coefficient (Wildman–Crippen LogP) is 4.10. The van der Waals surface area contributed by atoms with Crippen molar-refractivity contribution in [1.29, 1.82) is 0 Å². The van der Waals surface area contributed by atoms with Gasteiger partial charge in [-0.15, -0.1) is 44.7 Å². The van der Waals surface area contributed by atoms with E-state index in [1.165, 1.54) is 11.8 Å². The molecule has 0 aliphatic heterocycles. The maximum Gasteiger partial charge on any atom is 0.276 e. The Kier molecular flexibility index (Phi) is 3.53. The molecule has 1 atom stereocenters. The van der Waals surface area contributed by atoms with Gasteiger partial charge in [-0.1, -0.05) is 11.8 Å². The molecule has 0 bridgehead atoms. The summed E-state index contributed by atoms with van der Waals surface area (Å²) in [5.41, 5.74) is 0.922. The first-order valence-electron chi connectivity index (χ1n) is 5.74. The summed E-state index contributed by atoms with van der Waals surface area (Å²) in [6.45, 7) is 3.90. The fourth-order valence-electron chi connectivity index (χ4n) is 1.71. The molecular weight excluding hydrogens is 325 g/mol. The van der Waals surface area contributed by atoms with E-state index in [0.717, 1.165) is 27.8 Å². The fraction of sp³-hybridized carbons (Fsp3) is 0.545. The van der Waals surface area contributed by atoms with Crippen LogP contribution in [-0.4, -0.2) is 25.3 Å². The first-order chi connectivity index (χ1) is 8.95. The average molecular weight is 336 g/mol. The molecule has 0 spiro atoms. The Morgan fingerprint density at radius 2 is 2.16 bits per heavy atom. The lowest BCUT2D eigenvalue weighted by atomic mass is 10.4. The van der Waals surface area contributed by atoms with Crippen molar-refractivity contribution in [1.82, 2.24) is 15.2 Å². The van der Waals surface area contributed by atoms with E-state index in [1.54, 1.807) is 11.3 Å². The van der Waals surface area contributed by atoms with Crippen LogP contribution in [-0.2, 0) is 0 Å². The number of alkyl halides is 2. The Morgan fingerprint density at radius 1 is 1.42 bits per heavy atom. The van der Waals surface area contributed by atoms with E-state index in [-0.39, 0.29) is 0 Å². The van der Waals surface area contributed by atoms with Crippen molar-refractivity contribution >= 4 is 46.3 Å². The van der Waals surface area contributed by atoms with Crippen LogP contribution in [0.4, 0.5) is 0 Å². The molecule has 102 valence electrons. The highest BCUT2D eigenvalue weighted by atomic mass is 35.5. The molecule has 2 aromatic heterocycles. The zero-order chi connectivity index (χ0) is 13.6. The smallest absolute Gasteiger partial charge is 0.276 e. The number of aryl methyl sites for hydroxylation is 2. The van der Waals surface area contributed by atoms with Crippen LogP contribution < -0.4 is 0 Å². The summed E-state index contributed by atoms with van der Waals surface area (Å²) in [6.07, 6.45) is 0.831. The lowest BCUT2D eigenvalue weighted by Gasteiger charge is -1.96. The molecule has 0 radical (unpaired) electrons. The molecule has 1 aliphatic carbocycles. The third kappa shape index (κ3) is 2.91. The molecule has 1 aliphatic rings. The van der Waals surface area contributed by atoms with E-state index in [2.05, 4.69) is 15.2 Å². The number of thioether (sulfide) groups is 1. The number of nitrogens with zero attached hydrogens (tertiary/aromatic N) is 3. The molecule has 8 heteroatoms. The van der Waals surface area contributed by atoms with Crippen LogP contribution in [0.25, 0.3) is 10.8 Å². The molecular formula is C11H11Cl2N3OS2. The zero-order valence-corrected chi connectivity index (χ0v) is 13.5. The largest absolute Gasteiger partial charge is 0.410 e.